The maximum absolute atomic E-state index is 5.09. The number of aryl methyl sites for hydroxylation is 1. The number of hydrogen-bond acceptors (Lipinski definition) is 2. The van der Waals surface area contributed by atoms with E-state index in [1.807, 2.05) is 13.0 Å². The van der Waals surface area contributed by atoms with Crippen molar-refractivity contribution in [2.45, 2.75) is 38.5 Å². The molecule has 1 aromatic heterocycles. The van der Waals surface area contributed by atoms with Crippen LogP contribution in [0.5, 0.6) is 0 Å². The van der Waals surface area contributed by atoms with Crippen molar-refractivity contribution in [2.75, 3.05) is 0 Å². The molecule has 0 saturated heterocycles. The van der Waals surface area contributed by atoms with Gasteiger partial charge in [-0.15, -0.1) is 0 Å². The highest BCUT2D eigenvalue weighted by Crippen LogP contribution is 2.32. The first-order valence-electron chi connectivity index (χ1n) is 4.83. The predicted octanol–water partition coefficient (Wildman–Crippen LogP) is 3.11. The van der Waals surface area contributed by atoms with Crippen molar-refractivity contribution in [3.63, 3.8) is 0 Å². The topological polar surface area (TPSA) is 28.7 Å². The van der Waals surface area contributed by atoms with Crippen molar-refractivity contribution in [3.05, 3.63) is 22.2 Å². The number of nitrogens with zero attached hydrogens (tertiary/aromatic N) is 1. The first-order chi connectivity index (χ1) is 6.25. The smallest absolute Gasteiger partial charge is 0.129 e. The minimum absolute atomic E-state index is 0.698. The van der Waals surface area contributed by atoms with Crippen LogP contribution < -0.4 is 0 Å². The largest absolute Gasteiger partial charge is 0.347 e. The van der Waals surface area contributed by atoms with Gasteiger partial charge >= 0.3 is 0 Å². The molecular weight excluding hydrogens is 180 g/mol. The van der Waals surface area contributed by atoms with E-state index in [4.69, 9.17) is 12.2 Å². The summed E-state index contributed by atoms with van der Waals surface area (Å²) in [6.45, 7) is 1.97. The lowest BCUT2D eigenvalue weighted by molar-refractivity contribution is 0.688. The van der Waals surface area contributed by atoms with Gasteiger partial charge in [-0.05, 0) is 31.7 Å². The molecule has 0 spiro atoms. The van der Waals surface area contributed by atoms with Crippen LogP contribution in [0.4, 0.5) is 0 Å². The highest BCUT2D eigenvalue weighted by atomic mass is 32.1. The Balaban J connectivity index is 2.33. The Labute approximate surface area is 83.4 Å². The number of aromatic amines is 1. The Bertz CT molecular complexity index is 350. The zero-order valence-corrected chi connectivity index (χ0v) is 8.66. The van der Waals surface area contributed by atoms with E-state index in [9.17, 15) is 0 Å². The number of hydrogen-bond donors (Lipinski definition) is 1. The first-order valence-corrected chi connectivity index (χ1v) is 5.24. The molecule has 0 aromatic carbocycles. The quantitative estimate of drug-likeness (QED) is 0.696. The lowest BCUT2D eigenvalue weighted by atomic mass is 10.0. The van der Waals surface area contributed by atoms with Crippen molar-refractivity contribution in [1.82, 2.24) is 9.97 Å². The molecular formula is C10H14N2S. The van der Waals surface area contributed by atoms with Crippen molar-refractivity contribution in [2.24, 2.45) is 0 Å². The zero-order chi connectivity index (χ0) is 9.26. The van der Waals surface area contributed by atoms with E-state index in [0.29, 0.717) is 5.92 Å². The van der Waals surface area contributed by atoms with Crippen LogP contribution in [0.2, 0.25) is 0 Å². The Hall–Kier alpha value is -0.700. The van der Waals surface area contributed by atoms with Gasteiger partial charge in [0.05, 0.1) is 0 Å². The molecule has 3 heteroatoms. The third-order valence-electron chi connectivity index (χ3n) is 2.68. The van der Waals surface area contributed by atoms with Crippen LogP contribution in [0.15, 0.2) is 6.07 Å². The molecule has 2 nitrogen and oxygen atoms in total. The maximum Gasteiger partial charge on any atom is 0.129 e. The van der Waals surface area contributed by atoms with E-state index in [1.165, 1.54) is 31.4 Å². The van der Waals surface area contributed by atoms with Gasteiger partial charge in [0.15, 0.2) is 0 Å². The molecule has 0 amide bonds. The molecule has 2 rings (SSSR count). The first kappa shape index (κ1) is 8.88. The van der Waals surface area contributed by atoms with E-state index in [1.54, 1.807) is 0 Å². The van der Waals surface area contributed by atoms with Gasteiger partial charge in [-0.1, -0.05) is 25.1 Å². The second-order valence-corrected chi connectivity index (χ2v) is 4.16. The van der Waals surface area contributed by atoms with Gasteiger partial charge in [-0.25, -0.2) is 4.98 Å². The van der Waals surface area contributed by atoms with Crippen molar-refractivity contribution < 1.29 is 0 Å². The van der Waals surface area contributed by atoms with Crippen molar-refractivity contribution in [3.8, 4) is 0 Å². The fraction of sp³-hybridized carbons (Fsp3) is 0.600. The van der Waals surface area contributed by atoms with Gasteiger partial charge < -0.3 is 4.98 Å². The molecule has 1 aliphatic carbocycles. The second kappa shape index (κ2) is 3.58. The number of rotatable bonds is 1. The Morgan fingerprint density at radius 1 is 1.46 bits per heavy atom. The van der Waals surface area contributed by atoms with Gasteiger partial charge in [-0.2, -0.15) is 0 Å². The average molecular weight is 194 g/mol. The monoisotopic (exact) mass is 194 g/mol. The number of aromatic nitrogens is 2. The van der Waals surface area contributed by atoms with Gasteiger partial charge in [0.2, 0.25) is 0 Å². The maximum atomic E-state index is 5.09. The lowest BCUT2D eigenvalue weighted by Gasteiger charge is -2.09. The highest BCUT2D eigenvalue weighted by Gasteiger charge is 2.17. The van der Waals surface area contributed by atoms with Crippen LogP contribution >= 0.6 is 12.2 Å². The van der Waals surface area contributed by atoms with E-state index >= 15 is 0 Å². The summed E-state index contributed by atoms with van der Waals surface area (Å²) in [6, 6.07) is 2.01. The van der Waals surface area contributed by atoms with Crippen LogP contribution in [0.3, 0.4) is 0 Å². The molecule has 1 heterocycles. The molecule has 0 bridgehead atoms. The molecule has 1 saturated carbocycles. The van der Waals surface area contributed by atoms with E-state index in [0.717, 1.165) is 10.5 Å². The molecule has 1 aliphatic rings. The summed E-state index contributed by atoms with van der Waals surface area (Å²) in [5.41, 5.74) is 1.29. The summed E-state index contributed by atoms with van der Waals surface area (Å²) in [6.07, 6.45) is 5.31. The summed E-state index contributed by atoms with van der Waals surface area (Å²) >= 11 is 5.09. The number of nitrogens with one attached hydrogen (secondary N) is 1. The summed E-state index contributed by atoms with van der Waals surface area (Å²) in [5, 5.41) is 0. The van der Waals surface area contributed by atoms with Crippen molar-refractivity contribution in [1.29, 1.82) is 0 Å². The molecule has 1 fully saturated rings. The standard InChI is InChI=1S/C10H14N2S/c1-7-11-9(6-10(13)12-7)8-4-2-3-5-8/h6,8H,2-5H2,1H3,(H,11,12,13). The second-order valence-electron chi connectivity index (χ2n) is 3.74. The molecule has 0 aliphatic heterocycles. The molecule has 0 atom stereocenters. The molecule has 0 radical (unpaired) electrons. The zero-order valence-electron chi connectivity index (χ0n) is 7.84. The summed E-state index contributed by atoms with van der Waals surface area (Å²) in [7, 11) is 0. The molecule has 13 heavy (non-hydrogen) atoms. The Morgan fingerprint density at radius 3 is 2.77 bits per heavy atom. The summed E-state index contributed by atoms with van der Waals surface area (Å²) in [4.78, 5) is 7.48. The number of H-pyrrole nitrogens is 1. The third kappa shape index (κ3) is 1.97. The Kier molecular flexibility index (Phi) is 2.44. The minimum Gasteiger partial charge on any atom is -0.347 e. The van der Waals surface area contributed by atoms with E-state index in [-0.39, 0.29) is 0 Å². The highest BCUT2D eigenvalue weighted by molar-refractivity contribution is 7.71. The lowest BCUT2D eigenvalue weighted by Crippen LogP contribution is -1.99. The molecule has 1 N–H and O–H groups in total. The van der Waals surface area contributed by atoms with Gasteiger partial charge in [0.25, 0.3) is 0 Å². The van der Waals surface area contributed by atoms with E-state index < -0.39 is 0 Å². The molecule has 70 valence electrons. The Morgan fingerprint density at radius 2 is 2.15 bits per heavy atom. The van der Waals surface area contributed by atoms with Gasteiger partial charge in [0.1, 0.15) is 10.5 Å². The molecule has 0 unspecified atom stereocenters. The summed E-state index contributed by atoms with van der Waals surface area (Å²) in [5.74, 6) is 1.64. The molecule has 1 aromatic rings. The SMILES string of the molecule is Cc1nc(=S)cc(C2CCCC2)[nH]1. The van der Waals surface area contributed by atoms with Gasteiger partial charge in [0, 0.05) is 5.69 Å². The van der Waals surface area contributed by atoms with Crippen LogP contribution in [-0.4, -0.2) is 9.97 Å². The van der Waals surface area contributed by atoms with Gasteiger partial charge in [-0.3, -0.25) is 0 Å². The average Bonchev–Trinajstić information content (AvgIpc) is 2.53. The predicted molar refractivity (Wildman–Crippen MR) is 55.4 cm³/mol. The fourth-order valence-corrected chi connectivity index (χ4v) is 2.32. The fourth-order valence-electron chi connectivity index (χ4n) is 2.06. The van der Waals surface area contributed by atoms with Crippen molar-refractivity contribution >= 4 is 12.2 Å². The van der Waals surface area contributed by atoms with Crippen LogP contribution in [0.1, 0.15) is 43.1 Å². The van der Waals surface area contributed by atoms with Crippen LogP contribution in [0.25, 0.3) is 0 Å². The van der Waals surface area contributed by atoms with E-state index in [2.05, 4.69) is 9.97 Å². The third-order valence-corrected chi connectivity index (χ3v) is 2.89. The summed E-state index contributed by atoms with van der Waals surface area (Å²) < 4.78 is 0.721. The van der Waals surface area contributed by atoms with Crippen LogP contribution in [-0.2, 0) is 0 Å². The minimum atomic E-state index is 0.698. The normalized spacial score (nSPS) is 17.9. The van der Waals surface area contributed by atoms with Crippen LogP contribution in [0, 0.1) is 11.6 Å².